The van der Waals surface area contributed by atoms with Crippen molar-refractivity contribution in [1.82, 2.24) is 0 Å². The number of carbonyl (C=O) groups excluding carboxylic acids is 1. The largest absolute Gasteiger partial charge is 0.465 e. The van der Waals surface area contributed by atoms with Crippen molar-refractivity contribution in [2.24, 2.45) is 5.73 Å². The van der Waals surface area contributed by atoms with Crippen LogP contribution in [0.1, 0.15) is 15.9 Å². The smallest absolute Gasteiger partial charge is 0.337 e. The van der Waals surface area contributed by atoms with Crippen LogP contribution in [0.5, 0.6) is 0 Å². The number of esters is 1. The third-order valence-corrected chi connectivity index (χ3v) is 1.81. The van der Waals surface area contributed by atoms with Gasteiger partial charge >= 0.3 is 5.97 Å². The van der Waals surface area contributed by atoms with E-state index in [9.17, 15) is 4.79 Å². The lowest BCUT2D eigenvalue weighted by Crippen LogP contribution is -2.04. The summed E-state index contributed by atoms with van der Waals surface area (Å²) in [5, 5.41) is 0. The molecule has 0 radical (unpaired) electrons. The van der Waals surface area contributed by atoms with Gasteiger partial charge in [-0.1, -0.05) is 12.1 Å². The van der Waals surface area contributed by atoms with Crippen molar-refractivity contribution in [2.75, 3.05) is 13.7 Å². The van der Waals surface area contributed by atoms with Crippen LogP contribution in [0.2, 0.25) is 0 Å². The molecule has 0 fully saturated rings. The molecule has 0 aliphatic carbocycles. The third-order valence-electron chi connectivity index (χ3n) is 1.81. The topological polar surface area (TPSA) is 52.3 Å². The minimum atomic E-state index is -0.306. The molecule has 3 nitrogen and oxygen atoms in total. The maximum Gasteiger partial charge on any atom is 0.337 e. The van der Waals surface area contributed by atoms with Gasteiger partial charge in [-0.3, -0.25) is 0 Å². The van der Waals surface area contributed by atoms with Gasteiger partial charge in [0, 0.05) is 0 Å². The first-order valence-electron chi connectivity index (χ1n) is 4.15. The number of rotatable bonds is 3. The maximum absolute atomic E-state index is 11.0. The monoisotopic (exact) mass is 179 g/mol. The lowest BCUT2D eigenvalue weighted by Gasteiger charge is -2.00. The van der Waals surface area contributed by atoms with Gasteiger partial charge in [0.1, 0.15) is 0 Å². The molecule has 2 N–H and O–H groups in total. The summed E-state index contributed by atoms with van der Waals surface area (Å²) >= 11 is 0. The maximum atomic E-state index is 11.0. The summed E-state index contributed by atoms with van der Waals surface area (Å²) in [7, 11) is 1.37. The highest BCUT2D eigenvalue weighted by molar-refractivity contribution is 5.89. The highest BCUT2D eigenvalue weighted by atomic mass is 16.5. The van der Waals surface area contributed by atoms with Crippen LogP contribution in [0.15, 0.2) is 24.3 Å². The van der Waals surface area contributed by atoms with E-state index in [2.05, 4.69) is 4.74 Å². The SMILES string of the molecule is COC(=O)c1ccc(CCN)cc1. The summed E-state index contributed by atoms with van der Waals surface area (Å²) in [6.07, 6.45) is 0.835. The Morgan fingerprint density at radius 3 is 2.46 bits per heavy atom. The van der Waals surface area contributed by atoms with Crippen LogP contribution in [0.3, 0.4) is 0 Å². The first kappa shape index (κ1) is 9.74. The van der Waals surface area contributed by atoms with Gasteiger partial charge in [-0.25, -0.2) is 4.79 Å². The van der Waals surface area contributed by atoms with Crippen LogP contribution in [0.4, 0.5) is 0 Å². The zero-order valence-electron chi connectivity index (χ0n) is 7.62. The number of nitrogens with two attached hydrogens (primary N) is 1. The van der Waals surface area contributed by atoms with Gasteiger partial charge in [-0.15, -0.1) is 0 Å². The van der Waals surface area contributed by atoms with Crippen LogP contribution in [-0.4, -0.2) is 19.6 Å². The van der Waals surface area contributed by atoms with E-state index in [1.54, 1.807) is 12.1 Å². The molecule has 70 valence electrons. The summed E-state index contributed by atoms with van der Waals surface area (Å²) in [6.45, 7) is 0.623. The average Bonchev–Trinajstić information content (AvgIpc) is 2.18. The fourth-order valence-corrected chi connectivity index (χ4v) is 1.09. The highest BCUT2D eigenvalue weighted by Crippen LogP contribution is 2.05. The van der Waals surface area contributed by atoms with Crippen LogP contribution < -0.4 is 5.73 Å². The van der Waals surface area contributed by atoms with Crippen molar-refractivity contribution in [3.63, 3.8) is 0 Å². The zero-order chi connectivity index (χ0) is 9.68. The van der Waals surface area contributed by atoms with Crippen molar-refractivity contribution in [3.8, 4) is 0 Å². The van der Waals surface area contributed by atoms with Crippen molar-refractivity contribution < 1.29 is 9.53 Å². The predicted molar refractivity (Wildman–Crippen MR) is 50.5 cm³/mol. The lowest BCUT2D eigenvalue weighted by molar-refractivity contribution is 0.0601. The van der Waals surface area contributed by atoms with Gasteiger partial charge in [0.25, 0.3) is 0 Å². The van der Waals surface area contributed by atoms with E-state index < -0.39 is 0 Å². The molecule has 3 heteroatoms. The molecular formula is C10H13NO2. The lowest BCUT2D eigenvalue weighted by atomic mass is 10.1. The highest BCUT2D eigenvalue weighted by Gasteiger charge is 2.03. The Morgan fingerprint density at radius 2 is 2.00 bits per heavy atom. The molecule has 0 bridgehead atoms. The van der Waals surface area contributed by atoms with Gasteiger partial charge in [0.2, 0.25) is 0 Å². The minimum absolute atomic E-state index is 0.306. The number of hydrogen-bond acceptors (Lipinski definition) is 3. The summed E-state index contributed by atoms with van der Waals surface area (Å²) in [4.78, 5) is 11.0. The summed E-state index contributed by atoms with van der Waals surface area (Å²) < 4.78 is 4.57. The van der Waals surface area contributed by atoms with Crippen molar-refractivity contribution in [2.45, 2.75) is 6.42 Å². The van der Waals surface area contributed by atoms with Gasteiger partial charge < -0.3 is 10.5 Å². The molecule has 0 aromatic heterocycles. The van der Waals surface area contributed by atoms with Gasteiger partial charge in [0.15, 0.2) is 0 Å². The molecule has 0 aliphatic heterocycles. The molecule has 0 amide bonds. The fourth-order valence-electron chi connectivity index (χ4n) is 1.09. The first-order chi connectivity index (χ1) is 6.27. The Labute approximate surface area is 77.5 Å². The van der Waals surface area contributed by atoms with Crippen molar-refractivity contribution in [1.29, 1.82) is 0 Å². The van der Waals surface area contributed by atoms with Crippen molar-refractivity contribution >= 4 is 5.97 Å². The van der Waals surface area contributed by atoms with Crippen LogP contribution >= 0.6 is 0 Å². The van der Waals surface area contributed by atoms with E-state index in [0.717, 1.165) is 12.0 Å². The number of hydrogen-bond donors (Lipinski definition) is 1. The molecule has 0 saturated carbocycles. The van der Waals surface area contributed by atoms with Gasteiger partial charge in [0.05, 0.1) is 12.7 Å². The number of benzene rings is 1. The molecule has 0 saturated heterocycles. The van der Waals surface area contributed by atoms with E-state index in [1.807, 2.05) is 12.1 Å². The molecule has 0 spiro atoms. The summed E-state index contributed by atoms with van der Waals surface area (Å²) in [5.41, 5.74) is 7.10. The normalized spacial score (nSPS) is 9.69. The van der Waals surface area contributed by atoms with E-state index in [4.69, 9.17) is 5.73 Å². The molecule has 13 heavy (non-hydrogen) atoms. The number of methoxy groups -OCH3 is 1. The van der Waals surface area contributed by atoms with E-state index in [-0.39, 0.29) is 5.97 Å². The number of carbonyl (C=O) groups is 1. The second-order valence-corrected chi connectivity index (χ2v) is 2.73. The van der Waals surface area contributed by atoms with Crippen LogP contribution in [0, 0.1) is 0 Å². The second kappa shape index (κ2) is 4.62. The molecule has 0 unspecified atom stereocenters. The molecular weight excluding hydrogens is 166 g/mol. The molecule has 1 rings (SSSR count). The summed E-state index contributed by atoms with van der Waals surface area (Å²) in [6, 6.07) is 7.27. The zero-order valence-corrected chi connectivity index (χ0v) is 7.62. The first-order valence-corrected chi connectivity index (χ1v) is 4.15. The van der Waals surface area contributed by atoms with Crippen LogP contribution in [-0.2, 0) is 11.2 Å². The second-order valence-electron chi connectivity index (χ2n) is 2.73. The van der Waals surface area contributed by atoms with E-state index in [1.165, 1.54) is 7.11 Å². The van der Waals surface area contributed by atoms with Crippen molar-refractivity contribution in [3.05, 3.63) is 35.4 Å². The third kappa shape index (κ3) is 2.56. The molecule has 0 atom stereocenters. The average molecular weight is 179 g/mol. The standard InChI is InChI=1S/C10H13NO2/c1-13-10(12)9-4-2-8(3-5-9)6-7-11/h2-5H,6-7,11H2,1H3. The van der Waals surface area contributed by atoms with E-state index >= 15 is 0 Å². The number of ether oxygens (including phenoxy) is 1. The molecule has 1 aromatic carbocycles. The Hall–Kier alpha value is -1.35. The quantitative estimate of drug-likeness (QED) is 0.703. The predicted octanol–water partition coefficient (Wildman–Crippen LogP) is 0.974. The Kier molecular flexibility index (Phi) is 3.46. The Balaban J connectivity index is 2.75. The Bertz CT molecular complexity index is 279. The fraction of sp³-hybridized carbons (Fsp3) is 0.300. The van der Waals surface area contributed by atoms with Gasteiger partial charge in [-0.2, -0.15) is 0 Å². The molecule has 0 heterocycles. The molecule has 0 aliphatic rings. The van der Waals surface area contributed by atoms with Crippen LogP contribution in [0.25, 0.3) is 0 Å². The minimum Gasteiger partial charge on any atom is -0.465 e. The Morgan fingerprint density at radius 1 is 1.38 bits per heavy atom. The van der Waals surface area contributed by atoms with E-state index in [0.29, 0.717) is 12.1 Å². The summed E-state index contributed by atoms with van der Waals surface area (Å²) in [5.74, 6) is -0.306. The molecule has 1 aromatic rings. The van der Waals surface area contributed by atoms with Gasteiger partial charge in [-0.05, 0) is 30.7 Å².